The van der Waals surface area contributed by atoms with E-state index in [1.54, 1.807) is 0 Å². The highest BCUT2D eigenvalue weighted by atomic mass is 19.4. The van der Waals surface area contributed by atoms with Gasteiger partial charge in [0, 0.05) is 5.69 Å². The van der Waals surface area contributed by atoms with Gasteiger partial charge < -0.3 is 15.2 Å². The summed E-state index contributed by atoms with van der Waals surface area (Å²) in [6, 6.07) is -0.188. The van der Waals surface area contributed by atoms with Gasteiger partial charge >= 0.3 is 24.5 Å². The molecule has 0 spiro atoms. The fourth-order valence-corrected chi connectivity index (χ4v) is 1.92. The van der Waals surface area contributed by atoms with E-state index in [9.17, 15) is 54.2 Å². The summed E-state index contributed by atoms with van der Waals surface area (Å²) in [5, 5.41) is 10.8. The van der Waals surface area contributed by atoms with Gasteiger partial charge in [-0.05, 0) is 18.2 Å². The van der Waals surface area contributed by atoms with Crippen molar-refractivity contribution in [1.29, 1.82) is 0 Å². The summed E-state index contributed by atoms with van der Waals surface area (Å²) in [6.45, 7) is 0. The number of amides is 1. The van der Waals surface area contributed by atoms with Crippen molar-refractivity contribution in [3.8, 4) is 0 Å². The minimum absolute atomic E-state index is 0.0396. The van der Waals surface area contributed by atoms with Crippen LogP contribution in [0.5, 0.6) is 0 Å². The average molecular weight is 427 g/mol. The van der Waals surface area contributed by atoms with E-state index < -0.39 is 59.2 Å². The summed E-state index contributed by atoms with van der Waals surface area (Å²) in [5.41, 5.74) is -9.18. The van der Waals surface area contributed by atoms with Crippen molar-refractivity contribution < 1.29 is 58.9 Å². The lowest BCUT2D eigenvalue weighted by Crippen LogP contribution is -2.54. The number of alkyl halides is 9. The maximum absolute atomic E-state index is 12.9. The fraction of sp³-hybridized carbons (Fsp3) is 0.429. The Hall–Kier alpha value is -2.51. The molecule has 1 amide bonds. The van der Waals surface area contributed by atoms with E-state index in [2.05, 4.69) is 4.74 Å². The molecule has 14 heteroatoms. The number of methoxy groups -OCH3 is 1. The number of anilines is 1. The predicted octanol–water partition coefficient (Wildman–Crippen LogP) is 3.52. The first kappa shape index (κ1) is 23.5. The molecule has 0 aromatic heterocycles. The van der Waals surface area contributed by atoms with Crippen molar-refractivity contribution in [2.75, 3.05) is 12.4 Å². The first-order chi connectivity index (χ1) is 12.4. The van der Waals surface area contributed by atoms with Crippen molar-refractivity contribution in [3.05, 3.63) is 29.3 Å². The molecule has 0 heterocycles. The zero-order valence-corrected chi connectivity index (χ0v) is 13.5. The van der Waals surface area contributed by atoms with E-state index in [0.29, 0.717) is 7.11 Å². The van der Waals surface area contributed by atoms with Crippen molar-refractivity contribution in [3.63, 3.8) is 0 Å². The largest absolute Gasteiger partial charge is 0.467 e. The molecule has 0 bridgehead atoms. The van der Waals surface area contributed by atoms with Gasteiger partial charge in [-0.1, -0.05) is 0 Å². The molecule has 1 aromatic carbocycles. The van der Waals surface area contributed by atoms with E-state index in [0.717, 1.165) is 0 Å². The quantitative estimate of drug-likeness (QED) is 0.570. The van der Waals surface area contributed by atoms with E-state index in [1.165, 1.54) is 5.32 Å². The molecular weight excluding hydrogens is 417 g/mol. The van der Waals surface area contributed by atoms with E-state index in [-0.39, 0.29) is 18.2 Å². The van der Waals surface area contributed by atoms with Gasteiger partial charge in [-0.25, -0.2) is 4.79 Å². The molecule has 1 aromatic rings. The number of hydrogen-bond acceptors (Lipinski definition) is 4. The molecule has 5 nitrogen and oxygen atoms in total. The number of rotatable bonds is 4. The second kappa shape index (κ2) is 7.48. The highest BCUT2D eigenvalue weighted by Crippen LogP contribution is 2.38. The second-order valence-electron chi connectivity index (χ2n) is 5.37. The monoisotopic (exact) mass is 427 g/mol. The Labute approximate surface area is 150 Å². The number of halogens is 9. The summed E-state index contributed by atoms with van der Waals surface area (Å²) in [6.07, 6.45) is -18.3. The zero-order chi connectivity index (χ0) is 22.1. The molecule has 0 radical (unpaired) electrons. The molecule has 0 fully saturated rings. The maximum Gasteiger partial charge on any atom is 0.428 e. The number of hydrogen-bond donors (Lipinski definition) is 2. The van der Waals surface area contributed by atoms with Gasteiger partial charge in [0.15, 0.2) is 0 Å². The van der Waals surface area contributed by atoms with Crippen LogP contribution in [0.25, 0.3) is 0 Å². The maximum atomic E-state index is 12.9. The highest BCUT2D eigenvalue weighted by Gasteiger charge is 2.61. The standard InChI is InChI=1S/C14H10F9NO4/c1-28-10(26)11(27,14(21,22)23)5-9(25)24-8-3-6(12(15,16)17)2-7(4-8)13(18,19)20/h2-4,27H,5H2,1H3,(H,24,25)/t11-/m0/s1. The Morgan fingerprint density at radius 3 is 1.68 bits per heavy atom. The first-order valence-corrected chi connectivity index (χ1v) is 6.88. The van der Waals surface area contributed by atoms with Crippen LogP contribution in [0.3, 0.4) is 0 Å². The molecule has 28 heavy (non-hydrogen) atoms. The molecule has 0 aliphatic heterocycles. The third-order valence-electron chi connectivity index (χ3n) is 3.28. The number of esters is 1. The number of carbonyl (C=O) groups excluding carboxylic acids is 2. The molecule has 1 rings (SSSR count). The van der Waals surface area contributed by atoms with Crippen LogP contribution in [0.15, 0.2) is 18.2 Å². The molecule has 0 aliphatic carbocycles. The molecule has 0 saturated heterocycles. The lowest BCUT2D eigenvalue weighted by atomic mass is 9.98. The normalized spacial score (nSPS) is 15.0. The average Bonchev–Trinajstić information content (AvgIpc) is 2.50. The van der Waals surface area contributed by atoms with Gasteiger partial charge in [0.05, 0.1) is 24.7 Å². The second-order valence-corrected chi connectivity index (χ2v) is 5.37. The van der Waals surface area contributed by atoms with Crippen LogP contribution >= 0.6 is 0 Å². The van der Waals surface area contributed by atoms with Gasteiger partial charge in [0.2, 0.25) is 5.91 Å². The van der Waals surface area contributed by atoms with Crippen LogP contribution in [0, 0.1) is 0 Å². The van der Waals surface area contributed by atoms with E-state index in [1.807, 2.05) is 0 Å². The molecule has 0 aliphatic rings. The van der Waals surface area contributed by atoms with Gasteiger partial charge in [0.1, 0.15) is 0 Å². The van der Waals surface area contributed by atoms with E-state index >= 15 is 0 Å². The number of nitrogens with one attached hydrogen (secondary N) is 1. The number of carbonyl (C=O) groups is 2. The van der Waals surface area contributed by atoms with Gasteiger partial charge in [-0.3, -0.25) is 4.79 Å². The van der Waals surface area contributed by atoms with Crippen molar-refractivity contribution in [2.24, 2.45) is 0 Å². The van der Waals surface area contributed by atoms with Crippen LogP contribution in [0.4, 0.5) is 45.2 Å². The Bertz CT molecular complexity index is 722. The summed E-state index contributed by atoms with van der Waals surface area (Å²) in [7, 11) is 0.458. The van der Waals surface area contributed by atoms with Crippen molar-refractivity contribution in [1.82, 2.24) is 0 Å². The number of aliphatic hydroxyl groups is 1. The predicted molar refractivity (Wildman–Crippen MR) is 72.7 cm³/mol. The Balaban J connectivity index is 3.26. The Morgan fingerprint density at radius 2 is 1.36 bits per heavy atom. The SMILES string of the molecule is COC(=O)[C@@](O)(CC(=O)Nc1cc(C(F)(F)F)cc(C(F)(F)F)c1)C(F)(F)F. The molecule has 0 unspecified atom stereocenters. The van der Waals surface area contributed by atoms with Gasteiger partial charge in [-0.15, -0.1) is 0 Å². The Morgan fingerprint density at radius 1 is 0.929 bits per heavy atom. The summed E-state index contributed by atoms with van der Waals surface area (Å²) in [5.74, 6) is -4.19. The summed E-state index contributed by atoms with van der Waals surface area (Å²) in [4.78, 5) is 22.8. The molecule has 1 atom stereocenters. The summed E-state index contributed by atoms with van der Waals surface area (Å²) >= 11 is 0. The Kier molecular flexibility index (Phi) is 6.29. The van der Waals surface area contributed by atoms with Crippen LogP contribution in [0.1, 0.15) is 17.5 Å². The molecule has 0 saturated carbocycles. The fourth-order valence-electron chi connectivity index (χ4n) is 1.92. The number of ether oxygens (including phenoxy) is 1. The van der Waals surface area contributed by atoms with Crippen LogP contribution in [0.2, 0.25) is 0 Å². The van der Waals surface area contributed by atoms with Crippen LogP contribution in [-0.2, 0) is 26.7 Å². The van der Waals surface area contributed by atoms with Gasteiger partial charge in [-0.2, -0.15) is 39.5 Å². The minimum Gasteiger partial charge on any atom is -0.467 e. The van der Waals surface area contributed by atoms with Crippen LogP contribution in [-0.4, -0.2) is 35.9 Å². The minimum atomic E-state index is -5.72. The van der Waals surface area contributed by atoms with Crippen molar-refractivity contribution in [2.45, 2.75) is 30.6 Å². The third-order valence-corrected chi connectivity index (χ3v) is 3.28. The smallest absolute Gasteiger partial charge is 0.428 e. The van der Waals surface area contributed by atoms with Gasteiger partial charge in [0.25, 0.3) is 5.60 Å². The molecule has 158 valence electrons. The topological polar surface area (TPSA) is 75.6 Å². The van der Waals surface area contributed by atoms with E-state index in [4.69, 9.17) is 0 Å². The third kappa shape index (κ3) is 5.27. The van der Waals surface area contributed by atoms with Crippen LogP contribution < -0.4 is 5.32 Å². The summed E-state index contributed by atoms with van der Waals surface area (Å²) < 4.78 is 119. The zero-order valence-electron chi connectivity index (χ0n) is 13.5. The van der Waals surface area contributed by atoms with Crippen molar-refractivity contribution >= 4 is 17.6 Å². The number of benzene rings is 1. The highest BCUT2D eigenvalue weighted by molar-refractivity contribution is 5.96. The molecule has 2 N–H and O–H groups in total. The first-order valence-electron chi connectivity index (χ1n) is 6.88. The molecular formula is C14H10F9NO4. The lowest BCUT2D eigenvalue weighted by molar-refractivity contribution is -0.261. The lowest BCUT2D eigenvalue weighted by Gasteiger charge is -2.27.